The number of rotatable bonds is 9. The minimum absolute atomic E-state index is 0.0361. The predicted octanol–water partition coefficient (Wildman–Crippen LogP) is 4.10. The summed E-state index contributed by atoms with van der Waals surface area (Å²) in [4.78, 5) is 12.2. The summed E-state index contributed by atoms with van der Waals surface area (Å²) < 4.78 is 2.29. The van der Waals surface area contributed by atoms with Crippen molar-refractivity contribution in [3.8, 4) is 0 Å². The molecule has 0 bridgehead atoms. The Bertz CT molecular complexity index is 735. The van der Waals surface area contributed by atoms with Crippen molar-refractivity contribution < 1.29 is 4.79 Å². The lowest BCUT2D eigenvalue weighted by molar-refractivity contribution is -0.121. The van der Waals surface area contributed by atoms with Crippen LogP contribution in [0.3, 0.4) is 0 Å². The van der Waals surface area contributed by atoms with Crippen LogP contribution in [0.2, 0.25) is 5.02 Å². The number of amides is 1. The lowest BCUT2D eigenvalue weighted by Gasteiger charge is -2.10. The van der Waals surface area contributed by atoms with Crippen molar-refractivity contribution in [2.24, 2.45) is 5.92 Å². The molecule has 0 spiro atoms. The topological polar surface area (TPSA) is 59.8 Å². The zero-order valence-corrected chi connectivity index (χ0v) is 16.3. The van der Waals surface area contributed by atoms with Crippen molar-refractivity contribution >= 4 is 17.5 Å². The molecule has 1 aliphatic rings. The zero-order chi connectivity index (χ0) is 18.5. The molecule has 1 saturated carbocycles. The molecule has 1 fully saturated rings. The maximum atomic E-state index is 12.2. The zero-order valence-electron chi connectivity index (χ0n) is 15.5. The van der Waals surface area contributed by atoms with E-state index in [0.29, 0.717) is 36.4 Å². The highest BCUT2D eigenvalue weighted by Crippen LogP contribution is 2.37. The standard InChI is InChI=1S/C20H27ClN4O/c1-14(2)3-10-18-23-24-19(25(18)17-8-9-17)11-12-20(26)22-13-15-4-6-16(21)7-5-15/h4-7,14,17H,3,8-13H2,1-2H3,(H,22,26). The van der Waals surface area contributed by atoms with Crippen LogP contribution in [-0.2, 0) is 24.2 Å². The molecule has 1 aromatic carbocycles. The molecule has 3 rings (SSSR count). The molecule has 0 unspecified atom stereocenters. The van der Waals surface area contributed by atoms with Gasteiger partial charge in [-0.05, 0) is 42.9 Å². The van der Waals surface area contributed by atoms with E-state index in [1.807, 2.05) is 24.3 Å². The van der Waals surface area contributed by atoms with Crippen LogP contribution < -0.4 is 5.32 Å². The summed E-state index contributed by atoms with van der Waals surface area (Å²) in [5.41, 5.74) is 1.04. The minimum Gasteiger partial charge on any atom is -0.352 e. The number of carbonyl (C=O) groups is 1. The first-order valence-corrected chi connectivity index (χ1v) is 9.84. The van der Waals surface area contributed by atoms with Crippen LogP contribution in [0.1, 0.15) is 62.8 Å². The molecule has 2 aromatic rings. The van der Waals surface area contributed by atoms with Gasteiger partial charge in [0, 0.05) is 36.9 Å². The van der Waals surface area contributed by atoms with E-state index in [9.17, 15) is 4.79 Å². The molecule has 0 radical (unpaired) electrons. The van der Waals surface area contributed by atoms with E-state index in [0.717, 1.165) is 30.1 Å². The summed E-state index contributed by atoms with van der Waals surface area (Å²) in [6.07, 6.45) is 5.54. The molecule has 140 valence electrons. The molecule has 0 saturated heterocycles. The van der Waals surface area contributed by atoms with Crippen LogP contribution in [0.4, 0.5) is 0 Å². The van der Waals surface area contributed by atoms with Gasteiger partial charge in [-0.3, -0.25) is 4.79 Å². The molecular weight excluding hydrogens is 348 g/mol. The van der Waals surface area contributed by atoms with Crippen LogP contribution in [0.15, 0.2) is 24.3 Å². The van der Waals surface area contributed by atoms with Gasteiger partial charge in [0.05, 0.1) is 0 Å². The summed E-state index contributed by atoms with van der Waals surface area (Å²) >= 11 is 5.88. The number of nitrogens with one attached hydrogen (secondary N) is 1. The Hall–Kier alpha value is -1.88. The Morgan fingerprint density at radius 2 is 1.85 bits per heavy atom. The monoisotopic (exact) mass is 374 g/mol. The van der Waals surface area contributed by atoms with Crippen molar-refractivity contribution in [3.63, 3.8) is 0 Å². The number of hydrogen-bond acceptors (Lipinski definition) is 3. The van der Waals surface area contributed by atoms with Gasteiger partial charge >= 0.3 is 0 Å². The van der Waals surface area contributed by atoms with Gasteiger partial charge in [-0.15, -0.1) is 10.2 Å². The third kappa shape index (κ3) is 5.31. The van der Waals surface area contributed by atoms with Crippen molar-refractivity contribution in [1.82, 2.24) is 20.1 Å². The SMILES string of the molecule is CC(C)CCc1nnc(CCC(=O)NCc2ccc(Cl)cc2)n1C1CC1. The summed E-state index contributed by atoms with van der Waals surface area (Å²) in [5, 5.41) is 12.4. The lowest BCUT2D eigenvalue weighted by atomic mass is 10.1. The number of nitrogens with zero attached hydrogens (tertiary/aromatic N) is 3. The molecule has 1 aliphatic carbocycles. The van der Waals surface area contributed by atoms with Crippen LogP contribution >= 0.6 is 11.6 Å². The lowest BCUT2D eigenvalue weighted by Crippen LogP contribution is -2.23. The van der Waals surface area contributed by atoms with Crippen molar-refractivity contribution in [2.75, 3.05) is 0 Å². The number of carbonyl (C=O) groups excluding carboxylic acids is 1. The smallest absolute Gasteiger partial charge is 0.220 e. The molecule has 1 N–H and O–H groups in total. The maximum absolute atomic E-state index is 12.2. The molecule has 1 aromatic heterocycles. The molecule has 1 amide bonds. The second-order valence-electron chi connectivity index (χ2n) is 7.47. The quantitative estimate of drug-likeness (QED) is 0.718. The molecule has 1 heterocycles. The van der Waals surface area contributed by atoms with Crippen LogP contribution in [0.5, 0.6) is 0 Å². The number of aromatic nitrogens is 3. The van der Waals surface area contributed by atoms with Gasteiger partial charge in [0.1, 0.15) is 11.6 Å². The number of aryl methyl sites for hydroxylation is 2. The van der Waals surface area contributed by atoms with E-state index in [2.05, 4.69) is 33.9 Å². The summed E-state index contributed by atoms with van der Waals surface area (Å²) in [6, 6.07) is 8.06. The van der Waals surface area contributed by atoms with E-state index >= 15 is 0 Å². The van der Waals surface area contributed by atoms with Crippen LogP contribution in [0, 0.1) is 5.92 Å². The Morgan fingerprint density at radius 1 is 1.19 bits per heavy atom. The third-order valence-electron chi connectivity index (χ3n) is 4.67. The Kier molecular flexibility index (Phi) is 6.30. The van der Waals surface area contributed by atoms with Gasteiger partial charge in [0.2, 0.25) is 5.91 Å². The average Bonchev–Trinajstić information content (AvgIpc) is 3.37. The van der Waals surface area contributed by atoms with Gasteiger partial charge in [0.15, 0.2) is 0 Å². The first kappa shape index (κ1) is 18.9. The number of hydrogen-bond donors (Lipinski definition) is 1. The van der Waals surface area contributed by atoms with E-state index < -0.39 is 0 Å². The molecule has 5 nitrogen and oxygen atoms in total. The molecule has 26 heavy (non-hydrogen) atoms. The molecular formula is C20H27ClN4O. The van der Waals surface area contributed by atoms with Gasteiger partial charge in [-0.2, -0.15) is 0 Å². The van der Waals surface area contributed by atoms with Crippen molar-refractivity contribution in [3.05, 3.63) is 46.5 Å². The van der Waals surface area contributed by atoms with Crippen molar-refractivity contribution in [1.29, 1.82) is 0 Å². The average molecular weight is 375 g/mol. The number of benzene rings is 1. The normalized spacial score (nSPS) is 14.0. The fraction of sp³-hybridized carbons (Fsp3) is 0.550. The highest BCUT2D eigenvalue weighted by Gasteiger charge is 2.29. The van der Waals surface area contributed by atoms with Crippen LogP contribution in [-0.4, -0.2) is 20.7 Å². The Labute approximate surface area is 160 Å². The molecule has 6 heteroatoms. The fourth-order valence-corrected chi connectivity index (χ4v) is 3.12. The van der Waals surface area contributed by atoms with E-state index in [-0.39, 0.29) is 5.91 Å². The molecule has 0 atom stereocenters. The Balaban J connectivity index is 1.52. The predicted molar refractivity (Wildman–Crippen MR) is 103 cm³/mol. The molecule has 0 aliphatic heterocycles. The summed E-state index contributed by atoms with van der Waals surface area (Å²) in [7, 11) is 0. The van der Waals surface area contributed by atoms with E-state index in [4.69, 9.17) is 11.6 Å². The number of halogens is 1. The minimum atomic E-state index is 0.0361. The van der Waals surface area contributed by atoms with E-state index in [1.165, 1.54) is 12.8 Å². The summed E-state index contributed by atoms with van der Waals surface area (Å²) in [5.74, 6) is 2.72. The third-order valence-corrected chi connectivity index (χ3v) is 4.92. The Morgan fingerprint density at radius 3 is 2.46 bits per heavy atom. The van der Waals surface area contributed by atoms with Gasteiger partial charge in [-0.1, -0.05) is 37.6 Å². The second-order valence-corrected chi connectivity index (χ2v) is 7.91. The van der Waals surface area contributed by atoms with Gasteiger partial charge in [-0.25, -0.2) is 0 Å². The first-order chi connectivity index (χ1) is 12.5. The van der Waals surface area contributed by atoms with Crippen molar-refractivity contribution in [2.45, 2.75) is 65.0 Å². The first-order valence-electron chi connectivity index (χ1n) is 9.46. The fourth-order valence-electron chi connectivity index (χ4n) is 2.99. The second kappa shape index (κ2) is 8.67. The van der Waals surface area contributed by atoms with Gasteiger partial charge < -0.3 is 9.88 Å². The highest BCUT2D eigenvalue weighted by molar-refractivity contribution is 6.30. The van der Waals surface area contributed by atoms with Crippen LogP contribution in [0.25, 0.3) is 0 Å². The summed E-state index contributed by atoms with van der Waals surface area (Å²) in [6.45, 7) is 4.97. The maximum Gasteiger partial charge on any atom is 0.220 e. The van der Waals surface area contributed by atoms with Gasteiger partial charge in [0.25, 0.3) is 0 Å². The largest absolute Gasteiger partial charge is 0.352 e. The highest BCUT2D eigenvalue weighted by atomic mass is 35.5. The van der Waals surface area contributed by atoms with E-state index in [1.54, 1.807) is 0 Å².